The number of aromatic nitrogens is 5. The van der Waals surface area contributed by atoms with Crippen molar-refractivity contribution in [3.05, 3.63) is 24.3 Å². The number of nitrogens with zero attached hydrogens (tertiary/aromatic N) is 4. The van der Waals surface area contributed by atoms with Crippen LogP contribution in [0.5, 0.6) is 0 Å². The second kappa shape index (κ2) is 3.28. The van der Waals surface area contributed by atoms with E-state index < -0.39 is 0 Å². The molecule has 13 heavy (non-hydrogen) atoms. The van der Waals surface area contributed by atoms with Crippen LogP contribution >= 0.6 is 0 Å². The van der Waals surface area contributed by atoms with Crippen LogP contribution in [-0.4, -0.2) is 25.4 Å². The molecule has 0 saturated heterocycles. The van der Waals surface area contributed by atoms with Crippen molar-refractivity contribution in [2.45, 2.75) is 6.54 Å². The first-order chi connectivity index (χ1) is 6.40. The Morgan fingerprint density at radius 2 is 2.15 bits per heavy atom. The average Bonchev–Trinajstić information content (AvgIpc) is 2.71. The number of hydrogen-bond acceptors (Lipinski definition) is 5. The second-order valence-electron chi connectivity index (χ2n) is 2.46. The van der Waals surface area contributed by atoms with Crippen LogP contribution in [0.2, 0.25) is 0 Å². The molecule has 2 aromatic heterocycles. The lowest BCUT2D eigenvalue weighted by atomic mass is 10.3. The fraction of sp³-hybridized carbons (Fsp3) is 0.143. The first-order valence-corrected chi connectivity index (χ1v) is 3.77. The molecule has 3 N–H and O–H groups in total. The fourth-order valence-electron chi connectivity index (χ4n) is 0.953. The van der Waals surface area contributed by atoms with Crippen LogP contribution in [0.4, 0.5) is 0 Å². The van der Waals surface area contributed by atoms with E-state index in [0.717, 1.165) is 5.69 Å². The van der Waals surface area contributed by atoms with Gasteiger partial charge in [-0.15, -0.1) is 0 Å². The maximum atomic E-state index is 5.43. The molecule has 0 bridgehead atoms. The quantitative estimate of drug-likeness (QED) is 0.656. The Balaban J connectivity index is 2.41. The largest absolute Gasteiger partial charge is 0.325 e. The molecule has 2 heterocycles. The third-order valence-electron chi connectivity index (χ3n) is 1.57. The van der Waals surface area contributed by atoms with Gasteiger partial charge in [0.1, 0.15) is 11.4 Å². The fourth-order valence-corrected chi connectivity index (χ4v) is 0.953. The summed E-state index contributed by atoms with van der Waals surface area (Å²) in [6, 6.07) is 0. The van der Waals surface area contributed by atoms with Crippen LogP contribution in [-0.2, 0) is 6.54 Å². The summed E-state index contributed by atoms with van der Waals surface area (Å²) >= 11 is 0. The highest BCUT2D eigenvalue weighted by molar-refractivity contribution is 5.50. The summed E-state index contributed by atoms with van der Waals surface area (Å²) in [6.45, 7) is 0.374. The summed E-state index contributed by atoms with van der Waals surface area (Å²) < 4.78 is 0. The van der Waals surface area contributed by atoms with Crippen molar-refractivity contribution < 1.29 is 0 Å². The Morgan fingerprint density at radius 1 is 1.23 bits per heavy atom. The molecular formula is C7H8N6. The number of nitrogens with two attached hydrogens (primary N) is 1. The number of nitrogens with one attached hydrogen (secondary N) is 1. The molecule has 66 valence electrons. The van der Waals surface area contributed by atoms with Crippen LogP contribution in [0.1, 0.15) is 5.69 Å². The predicted molar refractivity (Wildman–Crippen MR) is 45.3 cm³/mol. The molecule has 0 aliphatic carbocycles. The van der Waals surface area contributed by atoms with Crippen molar-refractivity contribution >= 4 is 0 Å². The molecule has 0 aliphatic rings. The van der Waals surface area contributed by atoms with E-state index in [2.05, 4.69) is 25.4 Å². The van der Waals surface area contributed by atoms with Gasteiger partial charge < -0.3 is 5.73 Å². The van der Waals surface area contributed by atoms with Gasteiger partial charge in [0, 0.05) is 12.7 Å². The Labute approximate surface area is 74.2 Å². The molecule has 0 saturated carbocycles. The predicted octanol–water partition coefficient (Wildman–Crippen LogP) is -0.280. The van der Waals surface area contributed by atoms with E-state index in [-0.39, 0.29) is 0 Å². The first-order valence-electron chi connectivity index (χ1n) is 3.77. The summed E-state index contributed by atoms with van der Waals surface area (Å²) in [5.74, 6) is 0. The lowest BCUT2D eigenvalue weighted by Gasteiger charge is -1.97. The second-order valence-corrected chi connectivity index (χ2v) is 2.46. The maximum Gasteiger partial charge on any atom is 0.132 e. The third kappa shape index (κ3) is 1.52. The van der Waals surface area contributed by atoms with E-state index >= 15 is 0 Å². The van der Waals surface area contributed by atoms with Gasteiger partial charge in [0.25, 0.3) is 0 Å². The molecule has 0 spiro atoms. The standard InChI is InChI=1S/C7H8N6/c8-1-5-2-9-3-6(11-5)7-4-10-13-12-7/h2-4H,1,8H2,(H,10,12,13). The number of aromatic amines is 1. The highest BCUT2D eigenvalue weighted by Crippen LogP contribution is 2.09. The summed E-state index contributed by atoms with van der Waals surface area (Å²) in [7, 11) is 0. The van der Waals surface area contributed by atoms with Gasteiger partial charge in [-0.3, -0.25) is 4.98 Å². The molecule has 0 amide bonds. The summed E-state index contributed by atoms with van der Waals surface area (Å²) in [5.41, 5.74) is 7.51. The van der Waals surface area contributed by atoms with Crippen molar-refractivity contribution in [2.24, 2.45) is 5.73 Å². The van der Waals surface area contributed by atoms with Gasteiger partial charge in [0.2, 0.25) is 0 Å². The van der Waals surface area contributed by atoms with Gasteiger partial charge in [0.05, 0.1) is 18.1 Å². The van der Waals surface area contributed by atoms with Crippen molar-refractivity contribution in [3.8, 4) is 11.4 Å². The minimum atomic E-state index is 0.374. The molecule has 0 fully saturated rings. The van der Waals surface area contributed by atoms with Crippen LogP contribution in [0.3, 0.4) is 0 Å². The van der Waals surface area contributed by atoms with Gasteiger partial charge in [-0.25, -0.2) is 4.98 Å². The molecule has 0 atom stereocenters. The van der Waals surface area contributed by atoms with Crippen molar-refractivity contribution in [1.82, 2.24) is 25.4 Å². The zero-order chi connectivity index (χ0) is 9.10. The zero-order valence-electron chi connectivity index (χ0n) is 6.81. The molecular weight excluding hydrogens is 168 g/mol. The number of rotatable bonds is 2. The monoisotopic (exact) mass is 176 g/mol. The summed E-state index contributed by atoms with van der Waals surface area (Å²) in [6.07, 6.45) is 4.84. The SMILES string of the molecule is NCc1cncc(-c2cn[nH]n2)n1. The average molecular weight is 176 g/mol. The van der Waals surface area contributed by atoms with Gasteiger partial charge >= 0.3 is 0 Å². The Kier molecular flexibility index (Phi) is 1.97. The molecule has 6 heteroatoms. The van der Waals surface area contributed by atoms with E-state index in [1.54, 1.807) is 18.6 Å². The summed E-state index contributed by atoms with van der Waals surface area (Å²) in [4.78, 5) is 8.21. The van der Waals surface area contributed by atoms with Crippen LogP contribution in [0.25, 0.3) is 11.4 Å². The van der Waals surface area contributed by atoms with E-state index in [1.165, 1.54) is 0 Å². The number of hydrogen-bond donors (Lipinski definition) is 2. The van der Waals surface area contributed by atoms with E-state index in [0.29, 0.717) is 17.9 Å². The first kappa shape index (κ1) is 7.81. The zero-order valence-corrected chi connectivity index (χ0v) is 6.81. The molecule has 2 rings (SSSR count). The topological polar surface area (TPSA) is 93.4 Å². The Hall–Kier alpha value is -1.82. The molecule has 0 unspecified atom stereocenters. The van der Waals surface area contributed by atoms with Crippen LogP contribution < -0.4 is 5.73 Å². The minimum Gasteiger partial charge on any atom is -0.325 e. The number of H-pyrrole nitrogens is 1. The maximum absolute atomic E-state index is 5.43. The normalized spacial score (nSPS) is 10.2. The third-order valence-corrected chi connectivity index (χ3v) is 1.57. The van der Waals surface area contributed by atoms with Crippen molar-refractivity contribution in [2.75, 3.05) is 0 Å². The Morgan fingerprint density at radius 3 is 2.85 bits per heavy atom. The van der Waals surface area contributed by atoms with Gasteiger partial charge in [-0.1, -0.05) is 0 Å². The molecule has 0 aliphatic heterocycles. The van der Waals surface area contributed by atoms with Gasteiger partial charge in [-0.05, 0) is 0 Å². The van der Waals surface area contributed by atoms with Gasteiger partial charge in [0.15, 0.2) is 0 Å². The molecule has 0 radical (unpaired) electrons. The lowest BCUT2D eigenvalue weighted by Crippen LogP contribution is -2.01. The molecule has 0 aromatic carbocycles. The molecule has 6 nitrogen and oxygen atoms in total. The highest BCUT2D eigenvalue weighted by Gasteiger charge is 2.02. The smallest absolute Gasteiger partial charge is 0.132 e. The molecule has 2 aromatic rings. The highest BCUT2D eigenvalue weighted by atomic mass is 15.3. The van der Waals surface area contributed by atoms with Crippen LogP contribution in [0.15, 0.2) is 18.6 Å². The van der Waals surface area contributed by atoms with Crippen molar-refractivity contribution in [3.63, 3.8) is 0 Å². The van der Waals surface area contributed by atoms with Gasteiger partial charge in [-0.2, -0.15) is 15.4 Å². The summed E-state index contributed by atoms with van der Waals surface area (Å²) in [5, 5.41) is 10.1. The lowest BCUT2D eigenvalue weighted by molar-refractivity contribution is 0.933. The van der Waals surface area contributed by atoms with E-state index in [1.807, 2.05) is 0 Å². The Bertz CT molecular complexity index is 382. The minimum absolute atomic E-state index is 0.374. The van der Waals surface area contributed by atoms with Crippen LogP contribution in [0, 0.1) is 0 Å². The van der Waals surface area contributed by atoms with E-state index in [4.69, 9.17) is 5.73 Å². The van der Waals surface area contributed by atoms with Crippen molar-refractivity contribution in [1.29, 1.82) is 0 Å². The van der Waals surface area contributed by atoms with E-state index in [9.17, 15) is 0 Å².